The summed E-state index contributed by atoms with van der Waals surface area (Å²) in [5.74, 6) is 1.80. The van der Waals surface area contributed by atoms with Crippen molar-refractivity contribution in [3.8, 4) is 17.2 Å². The van der Waals surface area contributed by atoms with Crippen LogP contribution in [-0.4, -0.2) is 28.4 Å². The number of fused-ring (bicyclic) bond motifs is 1. The third-order valence-corrected chi connectivity index (χ3v) is 2.81. The molecule has 0 fully saturated rings. The molecule has 0 amide bonds. The molecule has 0 saturated heterocycles. The fourth-order valence-electron chi connectivity index (χ4n) is 2.04. The monoisotopic (exact) mass is 251 g/mol. The highest BCUT2D eigenvalue weighted by Crippen LogP contribution is 2.45. The van der Waals surface area contributed by atoms with Gasteiger partial charge < -0.3 is 23.9 Å². The van der Waals surface area contributed by atoms with Crippen LogP contribution in [0.25, 0.3) is 11.0 Å². The number of benzene rings is 1. The lowest BCUT2D eigenvalue weighted by Gasteiger charge is -2.13. The molecule has 18 heavy (non-hydrogen) atoms. The summed E-state index contributed by atoms with van der Waals surface area (Å²) in [6, 6.07) is 1.80. The first-order valence-electron chi connectivity index (χ1n) is 5.60. The van der Waals surface area contributed by atoms with E-state index < -0.39 is 0 Å². The molecule has 5 heteroatoms. The van der Waals surface area contributed by atoms with Gasteiger partial charge in [-0.3, -0.25) is 0 Å². The minimum Gasteiger partial charge on any atom is -0.493 e. The SMILES string of the molecule is CNCc1coc2cc(OC)c(OC)c(OC)c12. The van der Waals surface area contributed by atoms with Crippen LogP contribution in [0.4, 0.5) is 0 Å². The Bertz CT molecular complexity index is 547. The average molecular weight is 251 g/mol. The summed E-state index contributed by atoms with van der Waals surface area (Å²) >= 11 is 0. The fourth-order valence-corrected chi connectivity index (χ4v) is 2.04. The second kappa shape index (κ2) is 5.18. The summed E-state index contributed by atoms with van der Waals surface area (Å²) in [5.41, 5.74) is 1.74. The molecule has 0 radical (unpaired) electrons. The maximum atomic E-state index is 5.53. The van der Waals surface area contributed by atoms with Crippen molar-refractivity contribution in [2.45, 2.75) is 6.54 Å². The van der Waals surface area contributed by atoms with Crippen molar-refractivity contribution in [3.05, 3.63) is 17.9 Å². The number of ether oxygens (including phenoxy) is 3. The van der Waals surface area contributed by atoms with E-state index in [9.17, 15) is 0 Å². The molecule has 0 saturated carbocycles. The summed E-state index contributed by atoms with van der Waals surface area (Å²) in [6.45, 7) is 0.693. The third-order valence-electron chi connectivity index (χ3n) is 2.81. The van der Waals surface area contributed by atoms with Crippen molar-refractivity contribution in [2.24, 2.45) is 0 Å². The molecule has 0 aliphatic rings. The summed E-state index contributed by atoms with van der Waals surface area (Å²) < 4.78 is 21.6. The second-order valence-corrected chi connectivity index (χ2v) is 3.81. The molecular weight excluding hydrogens is 234 g/mol. The molecule has 0 aliphatic heterocycles. The van der Waals surface area contributed by atoms with Gasteiger partial charge in [0.1, 0.15) is 5.58 Å². The molecule has 2 aromatic rings. The number of hydrogen-bond donors (Lipinski definition) is 1. The van der Waals surface area contributed by atoms with E-state index in [2.05, 4.69) is 5.32 Å². The first-order chi connectivity index (χ1) is 8.76. The van der Waals surface area contributed by atoms with E-state index in [4.69, 9.17) is 18.6 Å². The summed E-state index contributed by atoms with van der Waals surface area (Å²) in [6.07, 6.45) is 1.71. The van der Waals surface area contributed by atoms with Crippen molar-refractivity contribution in [1.82, 2.24) is 5.32 Å². The second-order valence-electron chi connectivity index (χ2n) is 3.81. The maximum Gasteiger partial charge on any atom is 0.204 e. The highest BCUT2D eigenvalue weighted by atomic mass is 16.5. The molecule has 5 nitrogen and oxygen atoms in total. The maximum absolute atomic E-state index is 5.53. The van der Waals surface area contributed by atoms with Gasteiger partial charge in [0, 0.05) is 18.2 Å². The van der Waals surface area contributed by atoms with Crippen LogP contribution in [0.3, 0.4) is 0 Å². The molecule has 98 valence electrons. The van der Waals surface area contributed by atoms with Crippen molar-refractivity contribution in [1.29, 1.82) is 0 Å². The molecule has 0 bridgehead atoms. The molecular formula is C13H17NO4. The zero-order valence-electron chi connectivity index (χ0n) is 11.0. The first kappa shape index (κ1) is 12.6. The van der Waals surface area contributed by atoms with Crippen LogP contribution in [0.2, 0.25) is 0 Å². The lowest BCUT2D eigenvalue weighted by Crippen LogP contribution is -2.04. The van der Waals surface area contributed by atoms with Crippen LogP contribution in [0.5, 0.6) is 17.2 Å². The van der Waals surface area contributed by atoms with Crippen LogP contribution in [0.15, 0.2) is 16.7 Å². The highest BCUT2D eigenvalue weighted by molar-refractivity contribution is 5.92. The number of nitrogens with one attached hydrogen (secondary N) is 1. The molecule has 2 rings (SSSR count). The van der Waals surface area contributed by atoms with Crippen molar-refractivity contribution >= 4 is 11.0 Å². The molecule has 1 N–H and O–H groups in total. The minimum absolute atomic E-state index is 0.575. The van der Waals surface area contributed by atoms with E-state index in [-0.39, 0.29) is 0 Å². The Kier molecular flexibility index (Phi) is 3.62. The van der Waals surface area contributed by atoms with Gasteiger partial charge in [-0.1, -0.05) is 0 Å². The van der Waals surface area contributed by atoms with Crippen LogP contribution < -0.4 is 19.5 Å². The Morgan fingerprint density at radius 1 is 1.11 bits per heavy atom. The number of furan rings is 1. The summed E-state index contributed by atoms with van der Waals surface area (Å²) in [4.78, 5) is 0. The van der Waals surface area contributed by atoms with E-state index in [1.165, 1.54) is 0 Å². The number of methoxy groups -OCH3 is 3. The standard InChI is InChI=1S/C13H17NO4/c1-14-6-8-7-18-9-5-10(15-2)12(16-3)13(17-4)11(8)9/h5,7,14H,6H2,1-4H3. The predicted octanol–water partition coefficient (Wildman–Crippen LogP) is 2.18. The summed E-state index contributed by atoms with van der Waals surface area (Å²) in [5, 5.41) is 4.00. The number of hydrogen-bond acceptors (Lipinski definition) is 5. The molecule has 0 unspecified atom stereocenters. The number of rotatable bonds is 5. The van der Waals surface area contributed by atoms with Gasteiger partial charge in [0.2, 0.25) is 5.75 Å². The Labute approximate surface area is 106 Å². The quantitative estimate of drug-likeness (QED) is 0.882. The lowest BCUT2D eigenvalue weighted by atomic mass is 10.1. The van der Waals surface area contributed by atoms with Crippen molar-refractivity contribution in [2.75, 3.05) is 28.4 Å². The molecule has 0 atom stereocenters. The normalized spacial score (nSPS) is 10.7. The minimum atomic E-state index is 0.575. The van der Waals surface area contributed by atoms with E-state index in [1.54, 1.807) is 33.7 Å². The average Bonchev–Trinajstić information content (AvgIpc) is 2.79. The van der Waals surface area contributed by atoms with E-state index in [1.807, 2.05) is 7.05 Å². The topological polar surface area (TPSA) is 52.9 Å². The van der Waals surface area contributed by atoms with Gasteiger partial charge in [-0.05, 0) is 7.05 Å². The van der Waals surface area contributed by atoms with Crippen LogP contribution in [0, 0.1) is 0 Å². The molecule has 1 heterocycles. The zero-order valence-corrected chi connectivity index (χ0v) is 11.0. The van der Waals surface area contributed by atoms with E-state index >= 15 is 0 Å². The molecule has 0 spiro atoms. The zero-order chi connectivity index (χ0) is 13.1. The van der Waals surface area contributed by atoms with Crippen LogP contribution >= 0.6 is 0 Å². The van der Waals surface area contributed by atoms with E-state index in [0.717, 1.165) is 16.5 Å². The Morgan fingerprint density at radius 2 is 1.83 bits per heavy atom. The predicted molar refractivity (Wildman–Crippen MR) is 68.6 cm³/mol. The molecule has 0 aliphatic carbocycles. The Hall–Kier alpha value is -1.88. The van der Waals surface area contributed by atoms with Gasteiger partial charge in [0.15, 0.2) is 11.5 Å². The van der Waals surface area contributed by atoms with Gasteiger partial charge in [0.05, 0.1) is 33.0 Å². The summed E-state index contributed by atoms with van der Waals surface area (Å²) in [7, 11) is 6.66. The van der Waals surface area contributed by atoms with E-state index in [0.29, 0.717) is 23.8 Å². The van der Waals surface area contributed by atoms with Crippen molar-refractivity contribution in [3.63, 3.8) is 0 Å². The van der Waals surface area contributed by atoms with Crippen molar-refractivity contribution < 1.29 is 18.6 Å². The highest BCUT2D eigenvalue weighted by Gasteiger charge is 2.20. The van der Waals surface area contributed by atoms with Crippen LogP contribution in [-0.2, 0) is 6.54 Å². The van der Waals surface area contributed by atoms with Gasteiger partial charge in [-0.2, -0.15) is 0 Å². The Balaban J connectivity index is 2.74. The van der Waals surface area contributed by atoms with Crippen LogP contribution in [0.1, 0.15) is 5.56 Å². The van der Waals surface area contributed by atoms with Gasteiger partial charge in [-0.25, -0.2) is 0 Å². The van der Waals surface area contributed by atoms with Gasteiger partial charge in [-0.15, -0.1) is 0 Å². The Morgan fingerprint density at radius 3 is 2.39 bits per heavy atom. The third kappa shape index (κ3) is 1.86. The largest absolute Gasteiger partial charge is 0.493 e. The van der Waals surface area contributed by atoms with Gasteiger partial charge in [0.25, 0.3) is 0 Å². The first-order valence-corrected chi connectivity index (χ1v) is 5.60. The van der Waals surface area contributed by atoms with Gasteiger partial charge >= 0.3 is 0 Å². The molecule has 1 aromatic heterocycles. The lowest BCUT2D eigenvalue weighted by molar-refractivity contribution is 0.326. The molecule has 1 aromatic carbocycles. The smallest absolute Gasteiger partial charge is 0.204 e. The fraction of sp³-hybridized carbons (Fsp3) is 0.385.